The van der Waals surface area contributed by atoms with Crippen molar-refractivity contribution in [1.29, 1.82) is 0 Å². The maximum absolute atomic E-state index is 12.6. The van der Waals surface area contributed by atoms with Gasteiger partial charge < -0.3 is 9.47 Å². The number of ether oxygens (including phenoxy) is 2. The van der Waals surface area contributed by atoms with Crippen LogP contribution in [0.25, 0.3) is 5.69 Å². The van der Waals surface area contributed by atoms with Gasteiger partial charge in [-0.1, -0.05) is 29.5 Å². The molecule has 0 fully saturated rings. The highest BCUT2D eigenvalue weighted by Gasteiger charge is 2.15. The highest BCUT2D eigenvalue weighted by atomic mass is 32.2. The summed E-state index contributed by atoms with van der Waals surface area (Å²) in [5.41, 5.74) is 2.73. The largest absolute Gasteiger partial charge is 0.493 e. The maximum Gasteiger partial charge on any atom is 0.196 e. The van der Waals surface area contributed by atoms with E-state index in [0.29, 0.717) is 22.2 Å². The topological polar surface area (TPSA) is 66.2 Å². The highest BCUT2D eigenvalue weighted by molar-refractivity contribution is 7.99. The van der Waals surface area contributed by atoms with Gasteiger partial charge in [0.2, 0.25) is 0 Å². The number of aryl methyl sites for hydroxylation is 2. The molecule has 0 saturated heterocycles. The lowest BCUT2D eigenvalue weighted by Gasteiger charge is -2.10. The van der Waals surface area contributed by atoms with Crippen molar-refractivity contribution in [3.05, 3.63) is 59.4 Å². The number of ketones is 1. The van der Waals surface area contributed by atoms with E-state index in [4.69, 9.17) is 9.47 Å². The minimum atomic E-state index is -0.0166. The molecule has 0 atom stereocenters. The molecule has 0 N–H and O–H groups in total. The normalized spacial score (nSPS) is 10.7. The van der Waals surface area contributed by atoms with Gasteiger partial charge in [0.05, 0.1) is 20.0 Å². The Bertz CT molecular complexity index is 952. The van der Waals surface area contributed by atoms with Crippen molar-refractivity contribution < 1.29 is 14.3 Å². The standard InChI is InChI=1S/C20H21N3O3S/c1-13-5-8-16(9-6-13)23-14(2)21-22-20(23)27-12-17(24)15-7-10-18(25-3)19(11-15)26-4/h5-11H,12H2,1-4H3. The molecule has 6 nitrogen and oxygen atoms in total. The van der Waals surface area contributed by atoms with Crippen LogP contribution < -0.4 is 9.47 Å². The molecule has 0 saturated carbocycles. The zero-order valence-corrected chi connectivity index (χ0v) is 16.5. The second-order valence-electron chi connectivity index (χ2n) is 5.98. The molecular weight excluding hydrogens is 362 g/mol. The molecular formula is C20H21N3O3S. The van der Waals surface area contributed by atoms with Gasteiger partial charge in [0.1, 0.15) is 5.82 Å². The first-order chi connectivity index (χ1) is 13.0. The quantitative estimate of drug-likeness (QED) is 0.456. The number of methoxy groups -OCH3 is 2. The van der Waals surface area contributed by atoms with E-state index >= 15 is 0 Å². The van der Waals surface area contributed by atoms with Gasteiger partial charge in [-0.3, -0.25) is 9.36 Å². The lowest BCUT2D eigenvalue weighted by Crippen LogP contribution is -2.05. The molecule has 0 unspecified atom stereocenters. The summed E-state index contributed by atoms with van der Waals surface area (Å²) in [5, 5.41) is 9.07. The lowest BCUT2D eigenvalue weighted by atomic mass is 10.1. The van der Waals surface area contributed by atoms with Crippen LogP contribution in [0, 0.1) is 13.8 Å². The van der Waals surface area contributed by atoms with Gasteiger partial charge in [0, 0.05) is 11.3 Å². The fourth-order valence-corrected chi connectivity index (χ4v) is 3.54. The van der Waals surface area contributed by atoms with Gasteiger partial charge in [0.25, 0.3) is 0 Å². The van der Waals surface area contributed by atoms with E-state index in [2.05, 4.69) is 10.2 Å². The van der Waals surface area contributed by atoms with E-state index in [9.17, 15) is 4.79 Å². The second-order valence-corrected chi connectivity index (χ2v) is 6.92. The van der Waals surface area contributed by atoms with Crippen LogP contribution in [-0.4, -0.2) is 40.5 Å². The number of hydrogen-bond acceptors (Lipinski definition) is 6. The van der Waals surface area contributed by atoms with Crippen LogP contribution >= 0.6 is 11.8 Å². The predicted molar refractivity (Wildman–Crippen MR) is 105 cm³/mol. The summed E-state index contributed by atoms with van der Waals surface area (Å²) in [5.74, 6) is 2.14. The second kappa shape index (κ2) is 8.26. The molecule has 0 aliphatic carbocycles. The first-order valence-corrected chi connectivity index (χ1v) is 9.39. The summed E-state index contributed by atoms with van der Waals surface area (Å²) < 4.78 is 12.4. The average molecular weight is 383 g/mol. The van der Waals surface area contributed by atoms with Crippen LogP contribution in [0.2, 0.25) is 0 Å². The van der Waals surface area contributed by atoms with Crippen LogP contribution in [0.1, 0.15) is 21.7 Å². The van der Waals surface area contributed by atoms with Crippen molar-refractivity contribution in [3.63, 3.8) is 0 Å². The summed E-state index contributed by atoms with van der Waals surface area (Å²) in [7, 11) is 3.11. The molecule has 0 radical (unpaired) electrons. The van der Waals surface area contributed by atoms with Gasteiger partial charge in [0.15, 0.2) is 22.4 Å². The van der Waals surface area contributed by atoms with Crippen molar-refractivity contribution in [1.82, 2.24) is 14.8 Å². The zero-order valence-electron chi connectivity index (χ0n) is 15.7. The maximum atomic E-state index is 12.6. The summed E-state index contributed by atoms with van der Waals surface area (Å²) in [4.78, 5) is 12.6. The molecule has 3 aromatic rings. The van der Waals surface area contributed by atoms with Crippen molar-refractivity contribution >= 4 is 17.5 Å². The number of rotatable bonds is 7. The number of carbonyl (C=O) groups excluding carboxylic acids is 1. The first-order valence-electron chi connectivity index (χ1n) is 8.40. The van der Waals surface area contributed by atoms with Crippen LogP contribution in [0.3, 0.4) is 0 Å². The Labute approximate surface area is 162 Å². The smallest absolute Gasteiger partial charge is 0.196 e. The minimum absolute atomic E-state index is 0.0166. The summed E-state index contributed by atoms with van der Waals surface area (Å²) in [6, 6.07) is 13.3. The SMILES string of the molecule is COc1ccc(C(=O)CSc2nnc(C)n2-c2ccc(C)cc2)cc1OC. The molecule has 0 bridgehead atoms. The van der Waals surface area contributed by atoms with E-state index in [0.717, 1.165) is 11.5 Å². The van der Waals surface area contributed by atoms with Gasteiger partial charge in [-0.25, -0.2) is 0 Å². The van der Waals surface area contributed by atoms with Crippen LogP contribution in [0.4, 0.5) is 0 Å². The number of hydrogen-bond donors (Lipinski definition) is 0. The van der Waals surface area contributed by atoms with E-state index in [-0.39, 0.29) is 11.5 Å². The molecule has 2 aromatic carbocycles. The first kappa shape index (κ1) is 19.0. The zero-order chi connectivity index (χ0) is 19.4. The van der Waals surface area contributed by atoms with E-state index in [1.54, 1.807) is 32.4 Å². The fraction of sp³-hybridized carbons (Fsp3) is 0.250. The van der Waals surface area contributed by atoms with E-state index in [1.165, 1.54) is 17.3 Å². The number of thioether (sulfide) groups is 1. The summed E-state index contributed by atoms with van der Waals surface area (Å²) >= 11 is 1.36. The molecule has 0 aliphatic rings. The molecule has 3 rings (SSSR count). The molecule has 0 spiro atoms. The van der Waals surface area contributed by atoms with Crippen molar-refractivity contribution in [2.75, 3.05) is 20.0 Å². The Morgan fingerprint density at radius 1 is 1.00 bits per heavy atom. The molecule has 140 valence electrons. The Morgan fingerprint density at radius 2 is 1.70 bits per heavy atom. The monoisotopic (exact) mass is 383 g/mol. The van der Waals surface area contributed by atoms with Crippen molar-refractivity contribution in [2.45, 2.75) is 19.0 Å². The molecule has 1 heterocycles. The highest BCUT2D eigenvalue weighted by Crippen LogP contribution is 2.29. The fourth-order valence-electron chi connectivity index (χ4n) is 2.65. The third-order valence-corrected chi connectivity index (χ3v) is 5.05. The molecule has 0 aliphatic heterocycles. The number of aromatic nitrogens is 3. The summed E-state index contributed by atoms with van der Waals surface area (Å²) in [6.45, 7) is 3.94. The molecule has 7 heteroatoms. The lowest BCUT2D eigenvalue weighted by molar-refractivity contribution is 0.102. The predicted octanol–water partition coefficient (Wildman–Crippen LogP) is 3.88. The number of Topliss-reactive ketones (excluding diaryl/α,β-unsaturated/α-hetero) is 1. The Morgan fingerprint density at radius 3 is 2.37 bits per heavy atom. The average Bonchev–Trinajstić information content (AvgIpc) is 3.06. The number of benzene rings is 2. The van der Waals surface area contributed by atoms with E-state index in [1.807, 2.05) is 42.7 Å². The Hall–Kier alpha value is -2.80. The van der Waals surface area contributed by atoms with Crippen molar-refractivity contribution in [3.8, 4) is 17.2 Å². The molecule has 1 aromatic heterocycles. The van der Waals surface area contributed by atoms with E-state index < -0.39 is 0 Å². The van der Waals surface area contributed by atoms with Gasteiger partial charge >= 0.3 is 0 Å². The van der Waals surface area contributed by atoms with Crippen LogP contribution in [0.15, 0.2) is 47.6 Å². The molecule has 0 amide bonds. The van der Waals surface area contributed by atoms with Crippen molar-refractivity contribution in [2.24, 2.45) is 0 Å². The van der Waals surface area contributed by atoms with Gasteiger partial charge in [-0.2, -0.15) is 0 Å². The van der Waals surface area contributed by atoms with Crippen LogP contribution in [0.5, 0.6) is 11.5 Å². The van der Waals surface area contributed by atoms with Gasteiger partial charge in [-0.05, 0) is 44.2 Å². The Kier molecular flexibility index (Phi) is 5.81. The minimum Gasteiger partial charge on any atom is -0.493 e. The Balaban J connectivity index is 1.78. The molecule has 27 heavy (non-hydrogen) atoms. The third kappa shape index (κ3) is 4.14. The summed E-state index contributed by atoms with van der Waals surface area (Å²) in [6.07, 6.45) is 0. The van der Waals surface area contributed by atoms with Gasteiger partial charge in [-0.15, -0.1) is 10.2 Å². The third-order valence-electron chi connectivity index (χ3n) is 4.13. The number of nitrogens with zero attached hydrogens (tertiary/aromatic N) is 3. The number of carbonyl (C=O) groups is 1. The van der Waals surface area contributed by atoms with Crippen LogP contribution in [-0.2, 0) is 0 Å².